The summed E-state index contributed by atoms with van der Waals surface area (Å²) in [5.74, 6) is -0.532. The van der Waals surface area contributed by atoms with Gasteiger partial charge in [0.2, 0.25) is 0 Å². The predicted octanol–water partition coefficient (Wildman–Crippen LogP) is 6.60. The largest absolute Gasteiger partial charge is 0.495 e. The first kappa shape index (κ1) is 34.9. The van der Waals surface area contributed by atoms with Gasteiger partial charge in [0, 0.05) is 35.0 Å². The van der Waals surface area contributed by atoms with E-state index in [2.05, 4.69) is 6.08 Å². The summed E-state index contributed by atoms with van der Waals surface area (Å²) in [4.78, 5) is 42.0. The average Bonchev–Trinajstić information content (AvgIpc) is 3.22. The highest BCUT2D eigenvalue weighted by Crippen LogP contribution is 2.68. The molecule has 1 saturated carbocycles. The Kier molecular flexibility index (Phi) is 8.64. The molecule has 3 aliphatic heterocycles. The van der Waals surface area contributed by atoms with Crippen LogP contribution in [0.4, 0.5) is 0 Å². The van der Waals surface area contributed by atoms with Crippen molar-refractivity contribution in [3.63, 3.8) is 0 Å². The fraction of sp³-hybridized carbons (Fsp3) is 0.525. The minimum absolute atomic E-state index is 0.000285. The predicted molar refractivity (Wildman–Crippen MR) is 185 cm³/mol. The maximum absolute atomic E-state index is 15.0. The first-order valence-electron chi connectivity index (χ1n) is 17.1. The van der Waals surface area contributed by atoms with Gasteiger partial charge in [0.15, 0.2) is 22.8 Å². The number of carbonyl (C=O) groups excluding carboxylic acids is 3. The lowest BCUT2D eigenvalue weighted by molar-refractivity contribution is -0.171. The number of methoxy groups -OCH3 is 2. The standard InChI is InChI=1S/C40H48O9/c1-22(2)12-13-26-32-27(15-17-38(7,47-32)16-10-11-23(3)21-41)33(45-8)30-31(42)28-19-25-20-29-37(5,6)49-39(35(25)43,40(28,29)48-34(26)30)18-14-24(4)36(44)46-9/h11-12,14-15,17,19,25,29,41H,10,13,16,18,20-21H2,1-9H3/b23-11+,24-14-/t25-,29?,38-,39+,40-/m1/s1. The summed E-state index contributed by atoms with van der Waals surface area (Å²) in [6, 6.07) is 0. The van der Waals surface area contributed by atoms with Gasteiger partial charge in [-0.3, -0.25) is 9.59 Å². The topological polar surface area (TPSA) is 118 Å². The molecule has 2 fully saturated rings. The number of allylic oxidation sites excluding steroid dienone is 4. The Morgan fingerprint density at radius 1 is 1.04 bits per heavy atom. The van der Waals surface area contributed by atoms with Crippen LogP contribution in [0.15, 0.2) is 52.7 Å². The SMILES string of the molecule is COC(=O)/C(C)=C\C[C@@]12OC(C)(C)C3C[C@@H](C=C4C(=O)c5c(OC)c6c(c(CC=C(C)C)c5O[C@]431)O[C@](C)(CC/C=C(\C)CO)C=C6)C2=O. The highest BCUT2D eigenvalue weighted by Gasteiger charge is 2.81. The van der Waals surface area contributed by atoms with E-state index in [1.807, 2.05) is 59.8 Å². The molecule has 7 rings (SSSR count). The molecule has 1 aromatic carbocycles. The van der Waals surface area contributed by atoms with Crippen molar-refractivity contribution in [1.29, 1.82) is 0 Å². The number of hydrogen-bond donors (Lipinski definition) is 1. The van der Waals surface area contributed by atoms with Crippen molar-refractivity contribution in [3.05, 3.63) is 69.4 Å². The lowest BCUT2D eigenvalue weighted by Gasteiger charge is -2.56. The molecule has 0 aromatic heterocycles. The van der Waals surface area contributed by atoms with E-state index in [1.165, 1.54) is 14.2 Å². The highest BCUT2D eigenvalue weighted by molar-refractivity contribution is 6.19. The summed E-state index contributed by atoms with van der Waals surface area (Å²) in [7, 11) is 2.85. The second kappa shape index (κ2) is 12.1. The number of benzene rings is 1. The Morgan fingerprint density at radius 2 is 1.78 bits per heavy atom. The summed E-state index contributed by atoms with van der Waals surface area (Å²) in [6.45, 7) is 13.5. The molecule has 3 heterocycles. The quantitative estimate of drug-likeness (QED) is 0.167. The third-order valence-corrected chi connectivity index (χ3v) is 11.0. The van der Waals surface area contributed by atoms with Crippen LogP contribution in [0.3, 0.4) is 0 Å². The molecule has 1 spiro atoms. The van der Waals surface area contributed by atoms with E-state index in [4.69, 9.17) is 23.7 Å². The number of ether oxygens (including phenoxy) is 5. The van der Waals surface area contributed by atoms with Gasteiger partial charge in [0.05, 0.1) is 32.0 Å². The van der Waals surface area contributed by atoms with Gasteiger partial charge < -0.3 is 28.8 Å². The van der Waals surface area contributed by atoms with E-state index < -0.39 is 34.3 Å². The molecule has 1 N–H and O–H groups in total. The van der Waals surface area contributed by atoms with Crippen LogP contribution in [-0.4, -0.2) is 65.9 Å². The summed E-state index contributed by atoms with van der Waals surface area (Å²) in [6.07, 6.45) is 13.7. The Hall–Kier alpha value is -3.95. The lowest BCUT2D eigenvalue weighted by atomic mass is 9.51. The van der Waals surface area contributed by atoms with E-state index in [-0.39, 0.29) is 30.5 Å². The van der Waals surface area contributed by atoms with Crippen molar-refractivity contribution in [3.8, 4) is 17.2 Å². The number of Topliss-reactive ketones (excluding diaryl/α,β-unsaturated/α-hetero) is 2. The Bertz CT molecular complexity index is 1780. The van der Waals surface area contributed by atoms with Crippen molar-refractivity contribution in [2.24, 2.45) is 11.8 Å². The van der Waals surface area contributed by atoms with Crippen LogP contribution in [0.1, 0.15) is 95.6 Å². The minimum atomic E-state index is -1.56. The molecule has 4 bridgehead atoms. The molecule has 0 radical (unpaired) electrons. The maximum atomic E-state index is 15.0. The molecular formula is C40H48O9. The van der Waals surface area contributed by atoms with Crippen LogP contribution in [0, 0.1) is 11.8 Å². The molecule has 1 saturated heterocycles. The fourth-order valence-corrected chi connectivity index (χ4v) is 8.55. The van der Waals surface area contributed by atoms with E-state index in [1.54, 1.807) is 19.1 Å². The first-order valence-corrected chi connectivity index (χ1v) is 17.1. The normalized spacial score (nSPS) is 30.4. The van der Waals surface area contributed by atoms with Gasteiger partial charge in [-0.25, -0.2) is 4.79 Å². The van der Waals surface area contributed by atoms with Gasteiger partial charge in [-0.2, -0.15) is 0 Å². The molecule has 1 aromatic rings. The molecule has 262 valence electrons. The van der Waals surface area contributed by atoms with Crippen LogP contribution in [-0.2, 0) is 25.5 Å². The number of rotatable bonds is 10. The molecule has 9 nitrogen and oxygen atoms in total. The van der Waals surface area contributed by atoms with E-state index in [0.29, 0.717) is 70.8 Å². The van der Waals surface area contributed by atoms with Crippen molar-refractivity contribution in [2.45, 2.75) is 103 Å². The number of aliphatic hydroxyl groups excluding tert-OH is 1. The van der Waals surface area contributed by atoms with Gasteiger partial charge in [0.1, 0.15) is 28.4 Å². The average molecular weight is 673 g/mol. The molecule has 5 atom stereocenters. The monoisotopic (exact) mass is 672 g/mol. The molecule has 1 unspecified atom stereocenters. The zero-order valence-electron chi connectivity index (χ0n) is 30.1. The molecule has 6 aliphatic rings. The summed E-state index contributed by atoms with van der Waals surface area (Å²) in [5, 5.41) is 9.50. The van der Waals surface area contributed by atoms with Crippen molar-refractivity contribution < 1.29 is 43.2 Å². The third kappa shape index (κ3) is 5.14. The minimum Gasteiger partial charge on any atom is -0.495 e. The fourth-order valence-electron chi connectivity index (χ4n) is 8.55. The zero-order chi connectivity index (χ0) is 35.7. The van der Waals surface area contributed by atoms with Gasteiger partial charge >= 0.3 is 5.97 Å². The summed E-state index contributed by atoms with van der Waals surface area (Å²) < 4.78 is 32.0. The second-order valence-electron chi connectivity index (χ2n) is 15.1. The van der Waals surface area contributed by atoms with Gasteiger partial charge in [0.25, 0.3) is 0 Å². The Balaban J connectivity index is 1.58. The third-order valence-electron chi connectivity index (χ3n) is 11.0. The zero-order valence-corrected chi connectivity index (χ0v) is 30.1. The number of ketones is 2. The van der Waals surface area contributed by atoms with E-state index >= 15 is 4.79 Å². The number of fused-ring (bicyclic) bond motifs is 2. The van der Waals surface area contributed by atoms with Crippen molar-refractivity contribution in [2.75, 3.05) is 20.8 Å². The van der Waals surface area contributed by atoms with E-state index in [9.17, 15) is 14.7 Å². The van der Waals surface area contributed by atoms with Crippen molar-refractivity contribution >= 4 is 23.6 Å². The van der Waals surface area contributed by atoms with Crippen LogP contribution in [0.2, 0.25) is 0 Å². The summed E-state index contributed by atoms with van der Waals surface area (Å²) in [5.41, 5.74) is -0.152. The number of hydrogen-bond acceptors (Lipinski definition) is 9. The van der Waals surface area contributed by atoms with Gasteiger partial charge in [-0.1, -0.05) is 35.5 Å². The van der Waals surface area contributed by atoms with Gasteiger partial charge in [-0.15, -0.1) is 0 Å². The molecule has 9 heteroatoms. The number of aliphatic hydroxyl groups is 1. The molecule has 3 aliphatic carbocycles. The first-order chi connectivity index (χ1) is 23.1. The molecule has 0 amide bonds. The van der Waals surface area contributed by atoms with E-state index in [0.717, 1.165) is 11.1 Å². The molecule has 49 heavy (non-hydrogen) atoms. The van der Waals surface area contributed by atoms with Crippen molar-refractivity contribution in [1.82, 2.24) is 0 Å². The van der Waals surface area contributed by atoms with Gasteiger partial charge in [-0.05, 0) is 86.3 Å². The van der Waals surface area contributed by atoms with Crippen LogP contribution >= 0.6 is 0 Å². The van der Waals surface area contributed by atoms with Crippen LogP contribution < -0.4 is 14.2 Å². The Morgan fingerprint density at radius 3 is 2.43 bits per heavy atom. The Labute approximate surface area is 288 Å². The summed E-state index contributed by atoms with van der Waals surface area (Å²) >= 11 is 0. The lowest BCUT2D eigenvalue weighted by Crippen LogP contribution is -2.72. The number of esters is 1. The second-order valence-corrected chi connectivity index (χ2v) is 15.1. The molecular weight excluding hydrogens is 624 g/mol. The smallest absolute Gasteiger partial charge is 0.333 e. The highest BCUT2D eigenvalue weighted by atomic mass is 16.6. The maximum Gasteiger partial charge on any atom is 0.333 e. The van der Waals surface area contributed by atoms with Crippen LogP contribution in [0.25, 0.3) is 6.08 Å². The number of carbonyl (C=O) groups is 3. The van der Waals surface area contributed by atoms with Crippen LogP contribution in [0.5, 0.6) is 17.2 Å².